The van der Waals surface area contributed by atoms with Crippen LogP contribution in [0, 0.1) is 0 Å². The number of nitrogens with one attached hydrogen (secondary N) is 1. The van der Waals surface area contributed by atoms with Crippen LogP contribution in [-0.2, 0) is 12.0 Å². The van der Waals surface area contributed by atoms with E-state index in [2.05, 4.69) is 57.2 Å². The summed E-state index contributed by atoms with van der Waals surface area (Å²) >= 11 is 0. The normalized spacial score (nSPS) is 13.1. The summed E-state index contributed by atoms with van der Waals surface area (Å²) in [4.78, 5) is 0. The van der Waals surface area contributed by atoms with Crippen molar-refractivity contribution in [2.45, 2.75) is 59.0 Å². The van der Waals surface area contributed by atoms with Gasteiger partial charge in [-0.1, -0.05) is 26.0 Å². The molecule has 0 aliphatic carbocycles. The first kappa shape index (κ1) is 13.2. The highest BCUT2D eigenvalue weighted by molar-refractivity contribution is 5.06. The van der Waals surface area contributed by atoms with E-state index in [-0.39, 0.29) is 11.0 Å². The average Bonchev–Trinajstić information content (AvgIpc) is 2.49. The Bertz CT molecular complexity index is 328. The Kier molecular flexibility index (Phi) is 3.73. The van der Waals surface area contributed by atoms with Gasteiger partial charge in [0, 0.05) is 23.7 Å². The molecule has 4 heteroatoms. The van der Waals surface area contributed by atoms with Crippen molar-refractivity contribution in [1.82, 2.24) is 20.3 Å². The molecular weight excluding hydrogens is 200 g/mol. The number of aromatic nitrogens is 3. The summed E-state index contributed by atoms with van der Waals surface area (Å²) in [5.74, 6) is 0. The molecule has 1 heterocycles. The Morgan fingerprint density at radius 2 is 1.81 bits per heavy atom. The molecule has 0 saturated heterocycles. The summed E-state index contributed by atoms with van der Waals surface area (Å²) in [6.45, 7) is 14.7. The number of nitrogens with zero attached hydrogens (tertiary/aromatic N) is 3. The molecule has 0 saturated carbocycles. The number of hydrogen-bond donors (Lipinski definition) is 1. The summed E-state index contributed by atoms with van der Waals surface area (Å²) in [6, 6.07) is 0. The van der Waals surface area contributed by atoms with Gasteiger partial charge in [0.2, 0.25) is 0 Å². The molecule has 16 heavy (non-hydrogen) atoms. The zero-order chi connectivity index (χ0) is 12.4. The lowest BCUT2D eigenvalue weighted by atomic mass is 9.93. The van der Waals surface area contributed by atoms with E-state index in [0.717, 1.165) is 18.8 Å². The van der Waals surface area contributed by atoms with E-state index >= 15 is 0 Å². The van der Waals surface area contributed by atoms with Crippen LogP contribution in [0.25, 0.3) is 0 Å². The summed E-state index contributed by atoms with van der Waals surface area (Å²) < 4.78 is 1.90. The van der Waals surface area contributed by atoms with Crippen LogP contribution in [-0.4, -0.2) is 27.1 Å². The molecule has 0 fully saturated rings. The molecule has 4 nitrogen and oxygen atoms in total. The van der Waals surface area contributed by atoms with Crippen molar-refractivity contribution in [3.8, 4) is 0 Å². The van der Waals surface area contributed by atoms with Gasteiger partial charge in [0.25, 0.3) is 0 Å². The Morgan fingerprint density at radius 3 is 2.25 bits per heavy atom. The van der Waals surface area contributed by atoms with Crippen LogP contribution in [0.2, 0.25) is 0 Å². The van der Waals surface area contributed by atoms with Crippen molar-refractivity contribution in [3.63, 3.8) is 0 Å². The van der Waals surface area contributed by atoms with Crippen LogP contribution in [0.15, 0.2) is 6.20 Å². The average molecular weight is 224 g/mol. The molecule has 1 aromatic heterocycles. The topological polar surface area (TPSA) is 42.7 Å². The minimum atomic E-state index is 0.0791. The van der Waals surface area contributed by atoms with Gasteiger partial charge in [-0.25, -0.2) is 0 Å². The van der Waals surface area contributed by atoms with E-state index in [0.29, 0.717) is 0 Å². The predicted molar refractivity (Wildman–Crippen MR) is 66.5 cm³/mol. The third-order valence-corrected chi connectivity index (χ3v) is 2.30. The van der Waals surface area contributed by atoms with Gasteiger partial charge in [0.1, 0.15) is 0 Å². The first-order valence-electron chi connectivity index (χ1n) is 5.84. The molecule has 0 amide bonds. The minimum absolute atomic E-state index is 0.0791. The second-order valence-electron chi connectivity index (χ2n) is 6.29. The smallest absolute Gasteiger partial charge is 0.0880 e. The minimum Gasteiger partial charge on any atom is -0.310 e. The third-order valence-electron chi connectivity index (χ3n) is 2.30. The Balaban J connectivity index is 2.48. The second-order valence-corrected chi connectivity index (χ2v) is 6.29. The van der Waals surface area contributed by atoms with E-state index in [4.69, 9.17) is 0 Å². The van der Waals surface area contributed by atoms with Crippen molar-refractivity contribution in [2.75, 3.05) is 6.54 Å². The molecule has 0 aliphatic heterocycles. The van der Waals surface area contributed by atoms with Crippen LogP contribution in [0.4, 0.5) is 0 Å². The Labute approximate surface area is 98.4 Å². The molecule has 0 radical (unpaired) electrons. The van der Waals surface area contributed by atoms with Gasteiger partial charge < -0.3 is 5.32 Å². The molecule has 1 rings (SSSR count). The largest absolute Gasteiger partial charge is 0.310 e. The van der Waals surface area contributed by atoms with E-state index in [1.165, 1.54) is 0 Å². The van der Waals surface area contributed by atoms with Crippen LogP contribution in [0.3, 0.4) is 0 Å². The molecular formula is C12H24N4. The summed E-state index contributed by atoms with van der Waals surface area (Å²) in [6.07, 6.45) is 2.03. The molecule has 0 aromatic carbocycles. The van der Waals surface area contributed by atoms with Crippen molar-refractivity contribution < 1.29 is 0 Å². The van der Waals surface area contributed by atoms with E-state index < -0.39 is 0 Å². The van der Waals surface area contributed by atoms with Crippen LogP contribution < -0.4 is 5.32 Å². The summed E-state index contributed by atoms with van der Waals surface area (Å²) in [7, 11) is 0. The predicted octanol–water partition coefficient (Wildman–Crippen LogP) is 1.96. The number of hydrogen-bond acceptors (Lipinski definition) is 3. The second kappa shape index (κ2) is 4.53. The SMILES string of the molecule is CC(C)(C)NCCn1cc(C(C)(C)C)nn1. The molecule has 1 aromatic rings. The molecule has 0 spiro atoms. The summed E-state index contributed by atoms with van der Waals surface area (Å²) in [5.41, 5.74) is 1.28. The van der Waals surface area contributed by atoms with Crippen LogP contribution in [0.1, 0.15) is 47.2 Å². The lowest BCUT2D eigenvalue weighted by molar-refractivity contribution is 0.403. The van der Waals surface area contributed by atoms with Crippen molar-refractivity contribution in [2.24, 2.45) is 0 Å². The van der Waals surface area contributed by atoms with Gasteiger partial charge in [-0.15, -0.1) is 5.10 Å². The highest BCUT2D eigenvalue weighted by atomic mass is 15.4. The zero-order valence-corrected chi connectivity index (χ0v) is 11.3. The first-order chi connectivity index (χ1) is 7.18. The maximum absolute atomic E-state index is 4.19. The fourth-order valence-electron chi connectivity index (χ4n) is 1.30. The van der Waals surface area contributed by atoms with Crippen molar-refractivity contribution in [3.05, 3.63) is 11.9 Å². The number of rotatable bonds is 3. The maximum atomic E-state index is 4.19. The first-order valence-corrected chi connectivity index (χ1v) is 5.84. The van der Waals surface area contributed by atoms with Crippen LogP contribution in [0.5, 0.6) is 0 Å². The van der Waals surface area contributed by atoms with E-state index in [1.807, 2.05) is 10.9 Å². The quantitative estimate of drug-likeness (QED) is 0.853. The van der Waals surface area contributed by atoms with Crippen LogP contribution >= 0.6 is 0 Å². The summed E-state index contributed by atoms with van der Waals surface area (Å²) in [5, 5.41) is 11.7. The van der Waals surface area contributed by atoms with Crippen molar-refractivity contribution >= 4 is 0 Å². The fraction of sp³-hybridized carbons (Fsp3) is 0.833. The van der Waals surface area contributed by atoms with Gasteiger partial charge in [0.15, 0.2) is 0 Å². The lowest BCUT2D eigenvalue weighted by Gasteiger charge is -2.20. The maximum Gasteiger partial charge on any atom is 0.0880 e. The molecule has 92 valence electrons. The van der Waals surface area contributed by atoms with Gasteiger partial charge in [-0.3, -0.25) is 4.68 Å². The van der Waals surface area contributed by atoms with Gasteiger partial charge in [-0.05, 0) is 20.8 Å². The van der Waals surface area contributed by atoms with E-state index in [9.17, 15) is 0 Å². The fourth-order valence-corrected chi connectivity index (χ4v) is 1.30. The molecule has 0 atom stereocenters. The van der Waals surface area contributed by atoms with Gasteiger partial charge in [0.05, 0.1) is 12.2 Å². The highest BCUT2D eigenvalue weighted by Crippen LogP contribution is 2.18. The van der Waals surface area contributed by atoms with Gasteiger partial charge >= 0.3 is 0 Å². The van der Waals surface area contributed by atoms with E-state index in [1.54, 1.807) is 0 Å². The van der Waals surface area contributed by atoms with Crippen molar-refractivity contribution in [1.29, 1.82) is 0 Å². The van der Waals surface area contributed by atoms with Gasteiger partial charge in [-0.2, -0.15) is 0 Å². The zero-order valence-electron chi connectivity index (χ0n) is 11.3. The highest BCUT2D eigenvalue weighted by Gasteiger charge is 2.17. The standard InChI is InChI=1S/C12H24N4/c1-11(2,3)10-9-16(15-14-10)8-7-13-12(4,5)6/h9,13H,7-8H2,1-6H3. The third kappa shape index (κ3) is 4.31. The molecule has 0 unspecified atom stereocenters. The molecule has 1 N–H and O–H groups in total. The molecule has 0 bridgehead atoms. The Hall–Kier alpha value is -0.900. The lowest BCUT2D eigenvalue weighted by Crippen LogP contribution is -2.37. The monoisotopic (exact) mass is 224 g/mol. The molecule has 0 aliphatic rings. The Morgan fingerprint density at radius 1 is 1.19 bits per heavy atom.